The van der Waals surface area contributed by atoms with Crippen molar-refractivity contribution in [3.8, 4) is 5.75 Å². The summed E-state index contributed by atoms with van der Waals surface area (Å²) in [5.41, 5.74) is -0.0685. The molecule has 0 aliphatic carbocycles. The Labute approximate surface area is 117 Å². The molecule has 0 aliphatic rings. The van der Waals surface area contributed by atoms with Crippen molar-refractivity contribution in [2.45, 2.75) is 19.8 Å². The van der Waals surface area contributed by atoms with Crippen LogP contribution >= 0.6 is 0 Å². The maximum atomic E-state index is 11.1. The fraction of sp³-hybridized carbons (Fsp3) is 0.500. The van der Waals surface area contributed by atoms with Crippen molar-refractivity contribution in [2.24, 2.45) is 11.1 Å². The van der Waals surface area contributed by atoms with E-state index in [-0.39, 0.29) is 24.0 Å². The van der Waals surface area contributed by atoms with Gasteiger partial charge in [0.15, 0.2) is 0 Å². The summed E-state index contributed by atoms with van der Waals surface area (Å²) in [6.07, 6.45) is 1.46. The summed E-state index contributed by atoms with van der Waals surface area (Å²) in [5.74, 6) is -0.0422. The maximum Gasteiger partial charge on any atom is 0.273 e. The number of nitro groups is 1. The summed E-state index contributed by atoms with van der Waals surface area (Å²) >= 11 is 0. The highest BCUT2D eigenvalue weighted by Crippen LogP contribution is 2.20. The van der Waals surface area contributed by atoms with Crippen molar-refractivity contribution in [2.75, 3.05) is 12.4 Å². The number of nitro benzene ring substituents is 1. The number of benzene rings is 1. The van der Waals surface area contributed by atoms with Crippen LogP contribution in [-0.4, -0.2) is 25.7 Å². The monoisotopic (exact) mass is 302 g/mol. The molecular formula is C12H18N2O5S. The molecule has 0 amide bonds. The van der Waals surface area contributed by atoms with Crippen LogP contribution in [0.3, 0.4) is 0 Å². The second-order valence-corrected chi connectivity index (χ2v) is 6.21. The van der Waals surface area contributed by atoms with E-state index in [2.05, 4.69) is 0 Å². The zero-order valence-electron chi connectivity index (χ0n) is 11.2. The van der Waals surface area contributed by atoms with E-state index in [1.165, 1.54) is 18.2 Å². The topological polar surface area (TPSA) is 113 Å². The van der Waals surface area contributed by atoms with Crippen LogP contribution in [0.15, 0.2) is 24.3 Å². The van der Waals surface area contributed by atoms with Gasteiger partial charge in [-0.2, -0.15) is 0 Å². The number of ether oxygens (including phenoxy) is 1. The third kappa shape index (κ3) is 5.98. The van der Waals surface area contributed by atoms with E-state index < -0.39 is 14.9 Å². The third-order valence-electron chi connectivity index (χ3n) is 2.68. The molecule has 0 fully saturated rings. The number of hydrogen-bond acceptors (Lipinski definition) is 5. The van der Waals surface area contributed by atoms with Gasteiger partial charge in [-0.1, -0.05) is 19.4 Å². The minimum atomic E-state index is -3.56. The van der Waals surface area contributed by atoms with E-state index in [0.717, 1.165) is 6.42 Å². The van der Waals surface area contributed by atoms with Crippen molar-refractivity contribution in [1.82, 2.24) is 0 Å². The summed E-state index contributed by atoms with van der Waals surface area (Å²) in [5, 5.41) is 15.7. The first-order valence-corrected chi connectivity index (χ1v) is 7.91. The molecule has 2 N–H and O–H groups in total. The molecule has 0 saturated carbocycles. The van der Waals surface area contributed by atoms with E-state index in [1.807, 2.05) is 6.92 Å². The average Bonchev–Trinajstić information content (AvgIpc) is 2.35. The molecule has 20 heavy (non-hydrogen) atoms. The van der Waals surface area contributed by atoms with Crippen molar-refractivity contribution in [3.63, 3.8) is 0 Å². The number of non-ortho nitro benzene ring substituents is 1. The Morgan fingerprint density at radius 1 is 1.45 bits per heavy atom. The second kappa shape index (κ2) is 7.20. The van der Waals surface area contributed by atoms with Crippen molar-refractivity contribution >= 4 is 15.7 Å². The lowest BCUT2D eigenvalue weighted by Crippen LogP contribution is -2.26. The van der Waals surface area contributed by atoms with Gasteiger partial charge in [-0.05, 0) is 12.5 Å². The highest BCUT2D eigenvalue weighted by atomic mass is 32.2. The standard InChI is InChI=1S/C12H18N2O5S/c1-2-4-10(9-20(13,17)18)8-19-12-6-3-5-11(7-12)14(15)16/h3,5-7,10H,2,4,8-9H2,1H3,(H2,13,17,18). The molecule has 8 heteroatoms. The minimum absolute atomic E-state index is 0.0685. The van der Waals surface area contributed by atoms with Crippen LogP contribution in [0.5, 0.6) is 5.75 Å². The van der Waals surface area contributed by atoms with Gasteiger partial charge >= 0.3 is 0 Å². The van der Waals surface area contributed by atoms with Gasteiger partial charge in [0.2, 0.25) is 10.0 Å². The first-order chi connectivity index (χ1) is 9.31. The Kier molecular flexibility index (Phi) is 5.90. The minimum Gasteiger partial charge on any atom is -0.493 e. The fourth-order valence-corrected chi connectivity index (χ4v) is 2.77. The van der Waals surface area contributed by atoms with E-state index in [1.54, 1.807) is 6.07 Å². The molecule has 0 saturated heterocycles. The van der Waals surface area contributed by atoms with Crippen LogP contribution in [0.1, 0.15) is 19.8 Å². The average molecular weight is 302 g/mol. The Morgan fingerprint density at radius 2 is 2.15 bits per heavy atom. The molecule has 0 radical (unpaired) electrons. The van der Waals surface area contributed by atoms with E-state index in [4.69, 9.17) is 9.88 Å². The number of nitrogens with zero attached hydrogens (tertiary/aromatic N) is 1. The first-order valence-electron chi connectivity index (χ1n) is 6.19. The lowest BCUT2D eigenvalue weighted by atomic mass is 10.1. The Balaban J connectivity index is 2.67. The van der Waals surface area contributed by atoms with Gasteiger partial charge in [-0.25, -0.2) is 13.6 Å². The molecule has 0 aromatic heterocycles. The van der Waals surface area contributed by atoms with Gasteiger partial charge < -0.3 is 4.74 Å². The molecule has 0 aliphatic heterocycles. The quantitative estimate of drug-likeness (QED) is 0.580. The molecular weight excluding hydrogens is 284 g/mol. The second-order valence-electron chi connectivity index (χ2n) is 4.55. The van der Waals surface area contributed by atoms with Crippen LogP contribution in [0.2, 0.25) is 0 Å². The number of primary sulfonamides is 1. The summed E-state index contributed by atoms with van der Waals surface area (Å²) in [7, 11) is -3.56. The molecule has 112 valence electrons. The number of hydrogen-bond donors (Lipinski definition) is 1. The third-order valence-corrected chi connectivity index (χ3v) is 3.62. The van der Waals surface area contributed by atoms with Crippen LogP contribution in [0.25, 0.3) is 0 Å². The first kappa shape index (κ1) is 16.4. The Bertz CT molecular complexity index is 559. The molecule has 7 nitrogen and oxygen atoms in total. The van der Waals surface area contributed by atoms with Gasteiger partial charge in [0.25, 0.3) is 5.69 Å². The zero-order valence-corrected chi connectivity index (χ0v) is 12.0. The van der Waals surface area contributed by atoms with Crippen LogP contribution in [-0.2, 0) is 10.0 Å². The molecule has 0 heterocycles. The molecule has 0 bridgehead atoms. The van der Waals surface area contributed by atoms with E-state index >= 15 is 0 Å². The van der Waals surface area contributed by atoms with Crippen molar-refractivity contribution < 1.29 is 18.1 Å². The lowest BCUT2D eigenvalue weighted by molar-refractivity contribution is -0.384. The van der Waals surface area contributed by atoms with Gasteiger partial charge in [-0.15, -0.1) is 0 Å². The summed E-state index contributed by atoms with van der Waals surface area (Å²) in [6.45, 7) is 2.09. The Morgan fingerprint density at radius 3 is 2.70 bits per heavy atom. The largest absolute Gasteiger partial charge is 0.493 e. The normalized spacial score (nSPS) is 12.9. The number of nitrogens with two attached hydrogens (primary N) is 1. The van der Waals surface area contributed by atoms with Crippen molar-refractivity contribution in [3.05, 3.63) is 34.4 Å². The van der Waals surface area contributed by atoms with Gasteiger partial charge in [-0.3, -0.25) is 10.1 Å². The highest BCUT2D eigenvalue weighted by Gasteiger charge is 2.16. The molecule has 1 aromatic rings. The van der Waals surface area contributed by atoms with Crippen LogP contribution < -0.4 is 9.88 Å². The maximum absolute atomic E-state index is 11.1. The molecule has 1 aromatic carbocycles. The van der Waals surface area contributed by atoms with Gasteiger partial charge in [0, 0.05) is 12.0 Å². The molecule has 1 atom stereocenters. The smallest absolute Gasteiger partial charge is 0.273 e. The molecule has 1 rings (SSSR count). The van der Waals surface area contributed by atoms with E-state index in [9.17, 15) is 18.5 Å². The molecule has 0 spiro atoms. The highest BCUT2D eigenvalue weighted by molar-refractivity contribution is 7.89. The van der Waals surface area contributed by atoms with E-state index in [0.29, 0.717) is 12.2 Å². The van der Waals surface area contributed by atoms with Crippen LogP contribution in [0, 0.1) is 16.0 Å². The lowest BCUT2D eigenvalue weighted by Gasteiger charge is -2.15. The summed E-state index contributed by atoms with van der Waals surface area (Å²) < 4.78 is 27.6. The zero-order chi connectivity index (χ0) is 15.2. The van der Waals surface area contributed by atoms with Gasteiger partial charge in [0.1, 0.15) is 5.75 Å². The van der Waals surface area contributed by atoms with Crippen LogP contribution in [0.4, 0.5) is 5.69 Å². The predicted octanol–water partition coefficient (Wildman–Crippen LogP) is 1.68. The number of rotatable bonds is 8. The summed E-state index contributed by atoms with van der Waals surface area (Å²) in [4.78, 5) is 10.1. The SMILES string of the molecule is CCCC(COc1cccc([N+](=O)[O-])c1)CS(N)(=O)=O. The van der Waals surface area contributed by atoms with Crippen molar-refractivity contribution in [1.29, 1.82) is 0 Å². The summed E-state index contributed by atoms with van der Waals surface area (Å²) in [6, 6.07) is 5.77. The number of sulfonamides is 1. The van der Waals surface area contributed by atoms with Gasteiger partial charge in [0.05, 0.1) is 23.3 Å². The molecule has 1 unspecified atom stereocenters. The predicted molar refractivity (Wildman–Crippen MR) is 75.0 cm³/mol. The Hall–Kier alpha value is -1.67. The fourth-order valence-electron chi connectivity index (χ4n) is 1.85.